The highest BCUT2D eigenvalue weighted by molar-refractivity contribution is 6.25. The molecule has 7 N–H and O–H groups in total. The molecule has 5 rings (SSSR count). The number of hydrogen-bond acceptors (Lipinski definition) is 12. The number of amides is 1. The summed E-state index contributed by atoms with van der Waals surface area (Å²) in [5.74, 6) is -6.76. The maximum Gasteiger partial charge on any atom is 0.323 e. The monoisotopic (exact) mass is 691 g/mol. The van der Waals surface area contributed by atoms with Gasteiger partial charge < -0.3 is 41.0 Å². The molecule has 0 saturated heterocycles. The summed E-state index contributed by atoms with van der Waals surface area (Å²) in [7, 11) is 4.67. The highest BCUT2D eigenvalue weighted by Gasteiger charge is 2.63. The number of Topliss-reactive ketones (excluding diaryl/α,β-unsaturated/α-hetero) is 2. The van der Waals surface area contributed by atoms with E-state index in [1.807, 2.05) is 26.0 Å². The normalized spacial score (nSPS) is 23.8. The van der Waals surface area contributed by atoms with Crippen LogP contribution < -0.4 is 15.8 Å². The van der Waals surface area contributed by atoms with Gasteiger partial charge in [-0.1, -0.05) is 26.0 Å². The Labute approximate surface area is 290 Å². The molecule has 2 aromatic carbocycles. The third-order valence-corrected chi connectivity index (χ3v) is 9.99. The van der Waals surface area contributed by atoms with E-state index in [1.54, 1.807) is 33.2 Å². The molecule has 0 aliphatic heterocycles. The summed E-state index contributed by atoms with van der Waals surface area (Å²) in [6, 6.07) is 6.91. The van der Waals surface area contributed by atoms with Crippen molar-refractivity contribution < 1.29 is 49.1 Å². The van der Waals surface area contributed by atoms with Crippen molar-refractivity contribution in [2.24, 2.45) is 23.5 Å². The smallest absolute Gasteiger partial charge is 0.323 e. The molecule has 0 saturated carbocycles. The van der Waals surface area contributed by atoms with Crippen LogP contribution in [0.25, 0.3) is 11.1 Å². The Balaban J connectivity index is 1.59. The first kappa shape index (κ1) is 36.6. The maximum atomic E-state index is 14.2. The second-order valence-corrected chi connectivity index (χ2v) is 13.8. The summed E-state index contributed by atoms with van der Waals surface area (Å²) >= 11 is 0. The molecule has 1 amide bonds. The number of carbonyl (C=O) groups is 4. The molecular weight excluding hydrogens is 646 g/mol. The Morgan fingerprint density at radius 1 is 1.10 bits per heavy atom. The van der Waals surface area contributed by atoms with Gasteiger partial charge in [-0.05, 0) is 87.0 Å². The number of ether oxygens (including phenoxy) is 2. The molecule has 0 radical (unpaired) electrons. The molecule has 5 atom stereocenters. The number of fused-ring (bicyclic) bond motifs is 3. The number of likely N-dealkylation sites (N-methyl/N-ethyl adjacent to an activating group) is 1. The Kier molecular flexibility index (Phi) is 10.2. The lowest BCUT2D eigenvalue weighted by atomic mass is 9.58. The second kappa shape index (κ2) is 13.9. The van der Waals surface area contributed by atoms with Crippen molar-refractivity contribution >= 4 is 23.4 Å². The number of ketones is 2. The quantitative estimate of drug-likeness (QED) is 0.149. The second-order valence-electron chi connectivity index (χ2n) is 13.8. The molecule has 3 aliphatic rings. The number of aliphatic hydroxyl groups is 3. The van der Waals surface area contributed by atoms with E-state index in [2.05, 4.69) is 5.32 Å². The zero-order valence-electron chi connectivity index (χ0n) is 29.1. The zero-order chi connectivity index (χ0) is 36.8. The van der Waals surface area contributed by atoms with Crippen LogP contribution in [-0.4, -0.2) is 94.3 Å². The van der Waals surface area contributed by atoms with Crippen LogP contribution in [0.15, 0.2) is 53.0 Å². The number of allylic oxidation sites excluding steroid dienone is 1. The largest absolute Gasteiger partial charge is 0.510 e. The molecule has 13 nitrogen and oxygen atoms in total. The van der Waals surface area contributed by atoms with Gasteiger partial charge in [-0.15, -0.1) is 0 Å². The fourth-order valence-electron chi connectivity index (χ4n) is 7.80. The van der Waals surface area contributed by atoms with Crippen molar-refractivity contribution in [1.29, 1.82) is 0 Å². The number of nitrogens with zero attached hydrogens (tertiary/aromatic N) is 1. The summed E-state index contributed by atoms with van der Waals surface area (Å²) in [5.41, 5.74) is 3.97. The van der Waals surface area contributed by atoms with Gasteiger partial charge in [-0.3, -0.25) is 24.1 Å². The number of phenols is 1. The first-order valence-corrected chi connectivity index (χ1v) is 16.6. The van der Waals surface area contributed by atoms with E-state index in [9.17, 15) is 39.6 Å². The van der Waals surface area contributed by atoms with Gasteiger partial charge in [-0.25, -0.2) is 0 Å². The van der Waals surface area contributed by atoms with E-state index in [0.717, 1.165) is 5.56 Å². The minimum absolute atomic E-state index is 0.0347. The topological polar surface area (TPSA) is 209 Å². The average Bonchev–Trinajstić information content (AvgIpc) is 3.04. The van der Waals surface area contributed by atoms with Crippen LogP contribution in [0.3, 0.4) is 0 Å². The average molecular weight is 692 g/mol. The van der Waals surface area contributed by atoms with E-state index >= 15 is 0 Å². The standard InChI is InChI=1S/C37H45N3O10/c1-7-50-36(47)24(12-17(2)3)39-16-18-8-11-26(49-6)21(13-18)20-9-10-25(41)28-22(20)14-19-15-23-30(40(4)5)32(43)29(35(38)46)34(45)37(23,48)33(44)27(19)31(28)42/h8-11,13,17,19,23-24,30,39,41,43-44,48H,7,12,14-16H2,1-6H3,(H2,38,46)/t19-,23-,24?,30?,37-/m1/s1. The SMILES string of the molecule is CCOC(=O)C(CC(C)C)NCc1ccc(OC)c(-c2ccc(O)c3c2C[C@@H]2C[C@@H]4C(N(C)C)C(O)=C(C(N)=O)C(=O)[C@]4(O)C(O)=C2C3=O)c1. The lowest BCUT2D eigenvalue weighted by molar-refractivity contribution is -0.148. The van der Waals surface area contributed by atoms with Crippen molar-refractivity contribution in [3.63, 3.8) is 0 Å². The molecule has 0 fully saturated rings. The number of primary amides is 1. The number of methoxy groups -OCH3 is 1. The Morgan fingerprint density at radius 2 is 1.80 bits per heavy atom. The van der Waals surface area contributed by atoms with Gasteiger partial charge in [0.1, 0.15) is 34.6 Å². The number of aliphatic hydroxyl groups excluding tert-OH is 2. The molecule has 0 bridgehead atoms. The minimum atomic E-state index is -2.72. The number of nitrogens with one attached hydrogen (secondary N) is 1. The van der Waals surface area contributed by atoms with E-state index < -0.39 is 64.1 Å². The predicted octanol–water partition coefficient (Wildman–Crippen LogP) is 2.86. The van der Waals surface area contributed by atoms with Crippen molar-refractivity contribution in [2.75, 3.05) is 27.8 Å². The van der Waals surface area contributed by atoms with E-state index in [1.165, 1.54) is 18.1 Å². The summed E-state index contributed by atoms with van der Waals surface area (Å²) in [6.07, 6.45) is 0.656. The molecule has 268 valence electrons. The number of aromatic hydroxyl groups is 1. The fourth-order valence-corrected chi connectivity index (χ4v) is 7.80. The van der Waals surface area contributed by atoms with Crippen molar-refractivity contribution in [3.05, 3.63) is 69.7 Å². The molecule has 2 unspecified atom stereocenters. The fraction of sp³-hybridized carbons (Fsp3) is 0.459. The minimum Gasteiger partial charge on any atom is -0.510 e. The summed E-state index contributed by atoms with van der Waals surface area (Å²) in [6.45, 7) is 6.38. The highest BCUT2D eigenvalue weighted by atomic mass is 16.5. The lowest BCUT2D eigenvalue weighted by Crippen LogP contribution is -2.63. The Morgan fingerprint density at radius 3 is 2.40 bits per heavy atom. The Hall–Kier alpha value is -4.72. The predicted molar refractivity (Wildman–Crippen MR) is 182 cm³/mol. The molecule has 3 aliphatic carbocycles. The van der Waals surface area contributed by atoms with Crippen LogP contribution in [0.4, 0.5) is 0 Å². The van der Waals surface area contributed by atoms with Crippen LogP contribution in [0.2, 0.25) is 0 Å². The van der Waals surface area contributed by atoms with Gasteiger partial charge in [0.15, 0.2) is 11.4 Å². The van der Waals surface area contributed by atoms with Gasteiger partial charge in [0.2, 0.25) is 5.78 Å². The van der Waals surface area contributed by atoms with Crippen LogP contribution in [0, 0.1) is 17.8 Å². The number of nitrogens with two attached hydrogens (primary N) is 1. The van der Waals surface area contributed by atoms with Crippen LogP contribution in [0.5, 0.6) is 11.5 Å². The first-order chi connectivity index (χ1) is 23.6. The lowest BCUT2D eigenvalue weighted by Gasteiger charge is -2.50. The molecule has 50 heavy (non-hydrogen) atoms. The highest BCUT2D eigenvalue weighted by Crippen LogP contribution is 2.53. The summed E-state index contributed by atoms with van der Waals surface area (Å²) in [4.78, 5) is 54.2. The third kappa shape index (κ3) is 6.03. The molecule has 0 heterocycles. The molecular formula is C37H45N3O10. The number of phenolic OH excluding ortho intramolecular Hbond substituents is 1. The molecule has 13 heteroatoms. The molecule has 0 aromatic heterocycles. The number of benzene rings is 2. The number of rotatable bonds is 11. The van der Waals surface area contributed by atoms with Crippen LogP contribution in [0.1, 0.15) is 55.1 Å². The van der Waals surface area contributed by atoms with Gasteiger partial charge in [0, 0.05) is 23.6 Å². The number of carbonyl (C=O) groups excluding carboxylic acids is 4. The van der Waals surface area contributed by atoms with E-state index in [4.69, 9.17) is 15.2 Å². The van der Waals surface area contributed by atoms with Crippen LogP contribution in [-0.2, 0) is 32.1 Å². The number of esters is 1. The maximum absolute atomic E-state index is 14.2. The van der Waals surface area contributed by atoms with Gasteiger partial charge >= 0.3 is 5.97 Å². The zero-order valence-corrected chi connectivity index (χ0v) is 29.1. The Bertz CT molecular complexity index is 1810. The van der Waals surface area contributed by atoms with Gasteiger partial charge in [-0.2, -0.15) is 0 Å². The van der Waals surface area contributed by atoms with E-state index in [-0.39, 0.29) is 48.2 Å². The van der Waals surface area contributed by atoms with Crippen LogP contribution >= 0.6 is 0 Å². The van der Waals surface area contributed by atoms with Crippen molar-refractivity contribution in [1.82, 2.24) is 10.2 Å². The third-order valence-electron chi connectivity index (χ3n) is 9.99. The van der Waals surface area contributed by atoms with E-state index in [0.29, 0.717) is 35.4 Å². The van der Waals surface area contributed by atoms with Gasteiger partial charge in [0.25, 0.3) is 5.91 Å². The molecule has 2 aromatic rings. The number of hydrogen-bond donors (Lipinski definition) is 6. The first-order valence-electron chi connectivity index (χ1n) is 16.6. The molecule has 0 spiro atoms. The summed E-state index contributed by atoms with van der Waals surface area (Å²) < 4.78 is 11.0. The van der Waals surface area contributed by atoms with Gasteiger partial charge in [0.05, 0.1) is 25.3 Å². The van der Waals surface area contributed by atoms with Crippen molar-refractivity contribution in [2.45, 2.75) is 64.3 Å². The summed E-state index contributed by atoms with van der Waals surface area (Å²) in [5, 5.41) is 48.9. The van der Waals surface area contributed by atoms with Crippen molar-refractivity contribution in [3.8, 4) is 22.6 Å².